The maximum absolute atomic E-state index is 12.8. The van der Waals surface area contributed by atoms with Crippen LogP contribution in [0.2, 0.25) is 0 Å². The first-order chi connectivity index (χ1) is 13.2. The summed E-state index contributed by atoms with van der Waals surface area (Å²) in [5.74, 6) is -3.78. The summed E-state index contributed by atoms with van der Waals surface area (Å²) >= 11 is 6.39. The second-order valence-corrected chi connectivity index (χ2v) is 7.88. The third kappa shape index (κ3) is 7.02. The van der Waals surface area contributed by atoms with Crippen LogP contribution in [-0.4, -0.2) is 39.4 Å². The number of rotatable bonds is 2. The monoisotopic (exact) mass is 480 g/mol. The number of aromatic nitrogens is 4. The van der Waals surface area contributed by atoms with Gasteiger partial charge in [0.15, 0.2) is 0 Å². The zero-order chi connectivity index (χ0) is 20.8. The number of aromatic amines is 2. The van der Waals surface area contributed by atoms with Crippen LogP contribution in [0.15, 0.2) is 27.5 Å². The molecule has 5 nitrogen and oxygen atoms in total. The normalized spacial score (nSPS) is 24.6. The topological polar surface area (TPSA) is 69.7 Å². The van der Waals surface area contributed by atoms with Crippen LogP contribution in [0, 0.1) is 0 Å². The first kappa shape index (κ1) is 23.1. The molecule has 2 N–H and O–H groups in total. The van der Waals surface area contributed by atoms with Crippen LogP contribution in [0.1, 0.15) is 62.0 Å². The van der Waals surface area contributed by atoms with E-state index in [0.29, 0.717) is 24.5 Å². The molecule has 0 bridgehead atoms. The molecule has 0 aromatic carbocycles. The van der Waals surface area contributed by atoms with Crippen molar-refractivity contribution in [2.75, 3.05) is 0 Å². The summed E-state index contributed by atoms with van der Waals surface area (Å²) in [7, 11) is 4.34. The van der Waals surface area contributed by atoms with E-state index in [9.17, 15) is 17.6 Å². The van der Waals surface area contributed by atoms with Crippen molar-refractivity contribution in [3.8, 4) is 0 Å². The van der Waals surface area contributed by atoms with Crippen LogP contribution in [0.25, 0.3) is 0 Å². The van der Waals surface area contributed by atoms with Gasteiger partial charge in [0, 0.05) is 49.9 Å². The summed E-state index contributed by atoms with van der Waals surface area (Å²) in [5.41, 5.74) is 0. The fourth-order valence-corrected chi connectivity index (χ4v) is 3.69. The van der Waals surface area contributed by atoms with Crippen LogP contribution in [0.3, 0.4) is 0 Å². The van der Waals surface area contributed by atoms with Crippen molar-refractivity contribution < 1.29 is 17.6 Å². The van der Waals surface area contributed by atoms with Gasteiger partial charge >= 0.3 is 24.8 Å². The number of hydrogen-bond acceptors (Lipinski definition) is 4. The Morgan fingerprint density at radius 2 is 1.61 bits per heavy atom. The number of thiol groups is 1. The van der Waals surface area contributed by atoms with E-state index in [1.165, 1.54) is 0 Å². The number of alkyl halides is 4. The zero-order valence-electron chi connectivity index (χ0n) is 14.9. The van der Waals surface area contributed by atoms with Crippen molar-refractivity contribution in [2.24, 2.45) is 4.30 Å². The minimum atomic E-state index is -2.50. The number of H-pyrrole nitrogens is 2. The minimum absolute atomic E-state index is 0.00162. The SMILES string of the molecule is FC1(F)CC[C@H](c2ncc(Br)[nH]2)C1.FC1(F)CC[C@H](c2ncc[nH]2)C1.[B]=NS. The molecule has 2 aromatic heterocycles. The van der Waals surface area contributed by atoms with E-state index in [2.05, 4.69) is 60.6 Å². The summed E-state index contributed by atoms with van der Waals surface area (Å²) in [5, 5.41) is 0. The van der Waals surface area contributed by atoms with Gasteiger partial charge in [-0.15, -0.1) is 0 Å². The number of halogens is 5. The van der Waals surface area contributed by atoms with Crippen LogP contribution in [0.5, 0.6) is 0 Å². The molecule has 1 radical (unpaired) electrons. The quantitative estimate of drug-likeness (QED) is 0.298. The molecule has 0 saturated heterocycles. The molecule has 2 atom stereocenters. The van der Waals surface area contributed by atoms with Gasteiger partial charge in [-0.2, -0.15) is 0 Å². The van der Waals surface area contributed by atoms with Gasteiger partial charge in [0.2, 0.25) is 11.8 Å². The Morgan fingerprint density at radius 1 is 1.07 bits per heavy atom. The molecule has 0 unspecified atom stereocenters. The third-order valence-electron chi connectivity index (χ3n) is 4.66. The molecule has 4 rings (SSSR count). The molecule has 2 aromatic rings. The van der Waals surface area contributed by atoms with Gasteiger partial charge in [0.05, 0.1) is 6.20 Å². The first-order valence-corrected chi connectivity index (χ1v) is 9.84. The van der Waals surface area contributed by atoms with E-state index >= 15 is 0 Å². The summed E-state index contributed by atoms with van der Waals surface area (Å²) in [4.78, 5) is 13.8. The molecule has 0 aliphatic heterocycles. The van der Waals surface area contributed by atoms with Gasteiger partial charge in [-0.05, 0) is 28.8 Å². The number of nitrogens with zero attached hydrogens (tertiary/aromatic N) is 3. The van der Waals surface area contributed by atoms with Crippen LogP contribution < -0.4 is 0 Å². The Balaban J connectivity index is 0.000000176. The van der Waals surface area contributed by atoms with E-state index in [4.69, 9.17) is 0 Å². The van der Waals surface area contributed by atoms with Crippen molar-refractivity contribution >= 4 is 36.4 Å². The van der Waals surface area contributed by atoms with Gasteiger partial charge in [-0.3, -0.25) is 0 Å². The Labute approximate surface area is 175 Å². The fraction of sp³-hybridized carbons (Fsp3) is 0.625. The fourth-order valence-electron chi connectivity index (χ4n) is 3.39. The van der Waals surface area contributed by atoms with Crippen molar-refractivity contribution in [2.45, 2.75) is 62.2 Å². The molecular formula is C16H20BBrF4N5S. The second kappa shape index (κ2) is 10.0. The molecule has 2 fully saturated rings. The molecule has 2 saturated carbocycles. The predicted octanol–water partition coefficient (Wildman–Crippen LogP) is 5.57. The second-order valence-electron chi connectivity index (χ2n) is 6.80. The summed E-state index contributed by atoms with van der Waals surface area (Å²) in [6, 6.07) is 0. The van der Waals surface area contributed by atoms with E-state index in [0.717, 1.165) is 4.60 Å². The first-order valence-electron chi connectivity index (χ1n) is 8.65. The predicted molar refractivity (Wildman–Crippen MR) is 105 cm³/mol. The van der Waals surface area contributed by atoms with Crippen LogP contribution in [-0.2, 0) is 0 Å². The molecular weight excluding hydrogens is 461 g/mol. The van der Waals surface area contributed by atoms with Gasteiger partial charge in [-0.1, -0.05) is 0 Å². The Kier molecular flexibility index (Phi) is 8.29. The van der Waals surface area contributed by atoms with Gasteiger partial charge in [0.1, 0.15) is 16.3 Å². The summed E-state index contributed by atoms with van der Waals surface area (Å²) in [6.45, 7) is 0. The number of hydrogen-bond donors (Lipinski definition) is 3. The summed E-state index contributed by atoms with van der Waals surface area (Å²) < 4.78 is 54.6. The molecule has 153 valence electrons. The summed E-state index contributed by atoms with van der Waals surface area (Å²) in [6.07, 6.45) is 5.79. The molecule has 0 spiro atoms. The van der Waals surface area contributed by atoms with Crippen molar-refractivity contribution in [1.82, 2.24) is 19.9 Å². The third-order valence-corrected chi connectivity index (χ3v) is 5.07. The molecule has 2 heterocycles. The van der Waals surface area contributed by atoms with E-state index in [1.807, 2.05) is 0 Å². The van der Waals surface area contributed by atoms with Crippen molar-refractivity contribution in [3.05, 3.63) is 34.8 Å². The molecule has 0 amide bonds. The standard InChI is InChI=1S/C8H9BrF2N2.C8H10F2N2.BHNS/c9-6-4-12-7(13-6)5-1-2-8(10,11)3-5;9-8(10)2-1-6(5-8)7-11-3-4-12-7;1-2-3/h4-5H,1-3H2,(H,12,13);3-4,6H,1-2,5H2,(H,11,12);3H/t5-;6-;/m00./s1. The molecule has 2 aliphatic carbocycles. The average molecular weight is 481 g/mol. The van der Waals surface area contributed by atoms with Crippen LogP contribution in [0.4, 0.5) is 17.6 Å². The van der Waals surface area contributed by atoms with Crippen molar-refractivity contribution in [3.63, 3.8) is 0 Å². The molecule has 28 heavy (non-hydrogen) atoms. The average Bonchev–Trinajstić information content (AvgIpc) is 3.36. The van der Waals surface area contributed by atoms with Gasteiger partial charge in [-0.25, -0.2) is 27.5 Å². The Morgan fingerprint density at radius 3 is 1.96 bits per heavy atom. The maximum atomic E-state index is 12.8. The Hall–Kier alpha value is -1.17. The number of nitrogens with one attached hydrogen (secondary N) is 2. The van der Waals surface area contributed by atoms with Gasteiger partial charge < -0.3 is 9.97 Å². The molecule has 12 heteroatoms. The van der Waals surface area contributed by atoms with Crippen molar-refractivity contribution in [1.29, 1.82) is 0 Å². The van der Waals surface area contributed by atoms with E-state index < -0.39 is 11.8 Å². The van der Waals surface area contributed by atoms with Gasteiger partial charge in [0.25, 0.3) is 0 Å². The van der Waals surface area contributed by atoms with E-state index in [-0.39, 0.29) is 37.5 Å². The Bertz CT molecular complexity index is 743. The van der Waals surface area contributed by atoms with E-state index in [1.54, 1.807) is 18.6 Å². The zero-order valence-corrected chi connectivity index (χ0v) is 17.4. The molecule has 2 aliphatic rings. The number of imidazole rings is 2. The van der Waals surface area contributed by atoms with Crippen LogP contribution >= 0.6 is 28.7 Å².